The van der Waals surface area contributed by atoms with Gasteiger partial charge in [-0.15, -0.1) is 11.3 Å². The Morgan fingerprint density at radius 2 is 1.96 bits per heavy atom. The first-order chi connectivity index (χ1) is 11.7. The first-order valence-electron chi connectivity index (χ1n) is 7.60. The lowest BCUT2D eigenvalue weighted by atomic mass is 10.2. The molecule has 2 amide bonds. The summed E-state index contributed by atoms with van der Waals surface area (Å²) in [6.45, 7) is 3.24. The van der Waals surface area contributed by atoms with Crippen LogP contribution < -0.4 is 14.5 Å². The Morgan fingerprint density at radius 3 is 2.71 bits per heavy atom. The lowest BCUT2D eigenvalue weighted by Crippen LogP contribution is -2.32. The van der Waals surface area contributed by atoms with Crippen LogP contribution >= 0.6 is 11.3 Å². The van der Waals surface area contributed by atoms with Crippen molar-refractivity contribution in [3.05, 3.63) is 41.7 Å². The van der Waals surface area contributed by atoms with Crippen LogP contribution in [-0.4, -0.2) is 36.2 Å². The van der Waals surface area contributed by atoms with Crippen molar-refractivity contribution < 1.29 is 9.53 Å². The van der Waals surface area contributed by atoms with Gasteiger partial charge in [-0.1, -0.05) is 0 Å². The minimum atomic E-state index is -0.0447. The molecule has 1 aliphatic rings. The summed E-state index contributed by atoms with van der Waals surface area (Å²) < 4.78 is 6.44. The zero-order valence-electron chi connectivity index (χ0n) is 13.4. The van der Waals surface area contributed by atoms with Gasteiger partial charge in [-0.05, 0) is 24.6 Å². The molecule has 3 aromatic heterocycles. The second-order valence-corrected chi connectivity index (χ2v) is 6.47. The largest absolute Gasteiger partial charge is 0.480 e. The summed E-state index contributed by atoms with van der Waals surface area (Å²) in [7, 11) is 1.60. The van der Waals surface area contributed by atoms with E-state index < -0.39 is 0 Å². The number of pyridine rings is 2. The van der Waals surface area contributed by atoms with Crippen LogP contribution in [0.15, 0.2) is 36.1 Å². The van der Waals surface area contributed by atoms with Crippen molar-refractivity contribution in [2.75, 3.05) is 30.0 Å². The highest BCUT2D eigenvalue weighted by Crippen LogP contribution is 2.39. The summed E-state index contributed by atoms with van der Waals surface area (Å²) in [5, 5.41) is 2.88. The van der Waals surface area contributed by atoms with E-state index in [1.807, 2.05) is 24.4 Å². The van der Waals surface area contributed by atoms with Crippen LogP contribution in [-0.2, 0) is 0 Å². The van der Waals surface area contributed by atoms with Gasteiger partial charge in [0, 0.05) is 35.6 Å². The van der Waals surface area contributed by atoms with Crippen LogP contribution in [0, 0.1) is 6.92 Å². The minimum absolute atomic E-state index is 0.0447. The fourth-order valence-corrected chi connectivity index (χ4v) is 3.95. The van der Waals surface area contributed by atoms with Crippen molar-refractivity contribution in [3.8, 4) is 5.88 Å². The number of rotatable bonds is 3. The Morgan fingerprint density at radius 1 is 1.17 bits per heavy atom. The topological polar surface area (TPSA) is 58.6 Å². The number of carbonyl (C=O) groups excluding carboxylic acids is 1. The molecule has 4 heterocycles. The van der Waals surface area contributed by atoms with E-state index in [2.05, 4.69) is 9.97 Å². The molecule has 0 unspecified atom stereocenters. The standard InChI is InChI=1S/C17H16N4O2S/c1-11-3-5-18-9-12(11)20-7-8-21(17(20)22)13-10-24-14-4-6-19-16(23-2)15(13)14/h3-6,9-10H,7-8H2,1-2H3. The van der Waals surface area contributed by atoms with Crippen molar-refractivity contribution in [1.29, 1.82) is 0 Å². The number of hydrogen-bond donors (Lipinski definition) is 0. The Bertz CT molecular complexity index is 924. The molecule has 0 bridgehead atoms. The molecule has 0 aromatic carbocycles. The highest BCUT2D eigenvalue weighted by molar-refractivity contribution is 7.17. The third-order valence-corrected chi connectivity index (χ3v) is 5.16. The fraction of sp³-hybridized carbons (Fsp3) is 0.235. The Labute approximate surface area is 143 Å². The number of anilines is 2. The molecule has 0 atom stereocenters. The average Bonchev–Trinajstić information content (AvgIpc) is 3.18. The molecule has 1 saturated heterocycles. The average molecular weight is 340 g/mol. The maximum atomic E-state index is 13.0. The lowest BCUT2D eigenvalue weighted by Gasteiger charge is -2.19. The van der Waals surface area contributed by atoms with Crippen LogP contribution in [0.4, 0.5) is 16.2 Å². The van der Waals surface area contributed by atoms with Gasteiger partial charge in [-0.2, -0.15) is 0 Å². The van der Waals surface area contributed by atoms with Gasteiger partial charge in [-0.3, -0.25) is 14.8 Å². The third-order valence-electron chi connectivity index (χ3n) is 4.23. The Hall–Kier alpha value is -2.67. The summed E-state index contributed by atoms with van der Waals surface area (Å²) in [6.07, 6.45) is 5.20. The van der Waals surface area contributed by atoms with Crippen molar-refractivity contribution in [1.82, 2.24) is 9.97 Å². The summed E-state index contributed by atoms with van der Waals surface area (Å²) in [4.78, 5) is 24.9. The normalized spacial score (nSPS) is 14.7. The number of amides is 2. The molecule has 6 nitrogen and oxygen atoms in total. The first kappa shape index (κ1) is 14.9. The molecule has 0 aliphatic carbocycles. The van der Waals surface area contributed by atoms with Gasteiger partial charge in [0.15, 0.2) is 0 Å². The predicted molar refractivity (Wildman–Crippen MR) is 95.2 cm³/mol. The molecular weight excluding hydrogens is 324 g/mol. The quantitative estimate of drug-likeness (QED) is 0.733. The van der Waals surface area contributed by atoms with E-state index in [1.165, 1.54) is 0 Å². The number of aromatic nitrogens is 2. The van der Waals surface area contributed by atoms with Gasteiger partial charge < -0.3 is 4.74 Å². The number of urea groups is 1. The van der Waals surface area contributed by atoms with Crippen molar-refractivity contribution >= 4 is 38.8 Å². The van der Waals surface area contributed by atoms with Crippen molar-refractivity contribution in [2.45, 2.75) is 6.92 Å². The number of thiophene rings is 1. The zero-order valence-corrected chi connectivity index (χ0v) is 14.2. The molecule has 0 saturated carbocycles. The molecule has 0 spiro atoms. The Kier molecular flexibility index (Phi) is 3.57. The molecular formula is C17H16N4O2S. The number of methoxy groups -OCH3 is 1. The van der Waals surface area contributed by atoms with E-state index in [0.717, 1.165) is 27.0 Å². The van der Waals surface area contributed by atoms with Gasteiger partial charge in [-0.25, -0.2) is 9.78 Å². The van der Waals surface area contributed by atoms with E-state index in [9.17, 15) is 4.79 Å². The second-order valence-electron chi connectivity index (χ2n) is 5.56. The van der Waals surface area contributed by atoms with Crippen LogP contribution in [0.1, 0.15) is 5.56 Å². The van der Waals surface area contributed by atoms with E-state index >= 15 is 0 Å². The van der Waals surface area contributed by atoms with Gasteiger partial charge >= 0.3 is 6.03 Å². The van der Waals surface area contributed by atoms with E-state index in [4.69, 9.17) is 4.74 Å². The molecule has 122 valence electrons. The number of fused-ring (bicyclic) bond motifs is 1. The maximum absolute atomic E-state index is 13.0. The molecule has 1 aliphatic heterocycles. The summed E-state index contributed by atoms with van der Waals surface area (Å²) in [6, 6.07) is 3.81. The van der Waals surface area contributed by atoms with Gasteiger partial charge in [0.2, 0.25) is 5.88 Å². The Balaban J connectivity index is 1.75. The van der Waals surface area contributed by atoms with Crippen molar-refractivity contribution in [3.63, 3.8) is 0 Å². The smallest absolute Gasteiger partial charge is 0.329 e. The SMILES string of the molecule is COc1nccc2scc(N3CCN(c4cnccc4C)C3=O)c12. The third kappa shape index (κ3) is 2.20. The van der Waals surface area contributed by atoms with E-state index in [-0.39, 0.29) is 6.03 Å². The monoisotopic (exact) mass is 340 g/mol. The molecule has 7 heteroatoms. The molecule has 0 radical (unpaired) electrons. The summed E-state index contributed by atoms with van der Waals surface area (Å²) in [5.41, 5.74) is 2.75. The van der Waals surface area contributed by atoms with Gasteiger partial charge in [0.1, 0.15) is 0 Å². The van der Waals surface area contributed by atoms with Gasteiger partial charge in [0.05, 0.1) is 30.1 Å². The number of hydrogen-bond acceptors (Lipinski definition) is 5. The molecule has 0 N–H and O–H groups in total. The first-order valence-corrected chi connectivity index (χ1v) is 8.48. The molecule has 1 fully saturated rings. The van der Waals surface area contributed by atoms with Crippen molar-refractivity contribution in [2.24, 2.45) is 0 Å². The molecule has 24 heavy (non-hydrogen) atoms. The minimum Gasteiger partial charge on any atom is -0.480 e. The highest BCUT2D eigenvalue weighted by atomic mass is 32.1. The van der Waals surface area contributed by atoms with Gasteiger partial charge in [0.25, 0.3) is 0 Å². The summed E-state index contributed by atoms with van der Waals surface area (Å²) in [5.74, 6) is 0.549. The van der Waals surface area contributed by atoms with Crippen LogP contribution in [0.5, 0.6) is 5.88 Å². The van der Waals surface area contributed by atoms with Crippen LogP contribution in [0.2, 0.25) is 0 Å². The highest BCUT2D eigenvalue weighted by Gasteiger charge is 2.33. The van der Waals surface area contributed by atoms with E-state index in [1.54, 1.807) is 46.8 Å². The van der Waals surface area contributed by atoms with E-state index in [0.29, 0.717) is 19.0 Å². The number of aryl methyl sites for hydroxylation is 1. The zero-order chi connectivity index (χ0) is 16.7. The maximum Gasteiger partial charge on any atom is 0.329 e. The molecule has 3 aromatic rings. The molecule has 4 rings (SSSR count). The number of ether oxygens (including phenoxy) is 1. The summed E-state index contributed by atoms with van der Waals surface area (Å²) >= 11 is 1.59. The number of nitrogens with zero attached hydrogens (tertiary/aromatic N) is 4. The van der Waals surface area contributed by atoms with Crippen LogP contribution in [0.25, 0.3) is 10.1 Å². The fourth-order valence-electron chi connectivity index (χ4n) is 3.01. The second kappa shape index (κ2) is 5.76. The predicted octanol–water partition coefficient (Wildman–Crippen LogP) is 3.45. The van der Waals surface area contributed by atoms with Crippen LogP contribution in [0.3, 0.4) is 0 Å². The number of carbonyl (C=O) groups is 1. The lowest BCUT2D eigenvalue weighted by molar-refractivity contribution is 0.256.